The Kier molecular flexibility index (Phi) is 2.74. The van der Waals surface area contributed by atoms with Crippen molar-refractivity contribution in [1.82, 2.24) is 0 Å². The molecule has 0 fully saturated rings. The predicted octanol–water partition coefficient (Wildman–Crippen LogP) is 3.46. The van der Waals surface area contributed by atoms with E-state index >= 15 is 0 Å². The fourth-order valence-electron chi connectivity index (χ4n) is 1.35. The van der Waals surface area contributed by atoms with Crippen LogP contribution >= 0.6 is 45.2 Å². The molecule has 14 heavy (non-hydrogen) atoms. The van der Waals surface area contributed by atoms with Gasteiger partial charge in [0.2, 0.25) is 0 Å². The zero-order valence-electron chi connectivity index (χ0n) is 6.96. The Labute approximate surface area is 108 Å². The Hall–Kier alpha value is -0.240. The van der Waals surface area contributed by atoms with Gasteiger partial charge in [-0.05, 0) is 69.4 Å². The number of benzene rings is 2. The van der Waals surface area contributed by atoms with Crippen molar-refractivity contribution in [3.8, 4) is 11.5 Å². The molecule has 2 aromatic carbocycles. The molecule has 0 aromatic heterocycles. The smallest absolute Gasteiger partial charge is 0.137 e. The van der Waals surface area contributed by atoms with Crippen LogP contribution in [0.15, 0.2) is 24.3 Å². The van der Waals surface area contributed by atoms with Crippen LogP contribution in [-0.4, -0.2) is 10.2 Å². The van der Waals surface area contributed by atoms with Gasteiger partial charge >= 0.3 is 0 Å². The maximum Gasteiger partial charge on any atom is 0.137 e. The molecule has 0 radical (unpaired) electrons. The molecule has 0 aliphatic rings. The van der Waals surface area contributed by atoms with E-state index < -0.39 is 0 Å². The van der Waals surface area contributed by atoms with Crippen molar-refractivity contribution >= 4 is 56.0 Å². The minimum Gasteiger partial charge on any atom is -0.507 e. The van der Waals surface area contributed by atoms with Crippen LogP contribution in [-0.2, 0) is 0 Å². The van der Waals surface area contributed by atoms with E-state index in [9.17, 15) is 10.2 Å². The molecule has 0 heterocycles. The van der Waals surface area contributed by atoms with Crippen molar-refractivity contribution in [2.45, 2.75) is 0 Å². The summed E-state index contributed by atoms with van der Waals surface area (Å²) in [7, 11) is 0. The zero-order valence-corrected chi connectivity index (χ0v) is 11.3. The average Bonchev–Trinajstić information content (AvgIpc) is 2.16. The quantitative estimate of drug-likeness (QED) is 0.652. The second-order valence-corrected chi connectivity index (χ2v) is 5.21. The minimum atomic E-state index is 0.201. The van der Waals surface area contributed by atoms with Gasteiger partial charge in [0.25, 0.3) is 0 Å². The monoisotopic (exact) mass is 412 g/mol. The second-order valence-electron chi connectivity index (χ2n) is 2.89. The maximum atomic E-state index is 9.84. The summed E-state index contributed by atoms with van der Waals surface area (Å²) < 4.78 is 1.73. The van der Waals surface area contributed by atoms with Crippen LogP contribution in [0.3, 0.4) is 0 Å². The van der Waals surface area contributed by atoms with Crippen LogP contribution in [0.5, 0.6) is 11.5 Å². The Morgan fingerprint density at radius 2 is 1.50 bits per heavy atom. The number of rotatable bonds is 0. The average molecular weight is 412 g/mol. The molecule has 0 bridgehead atoms. The standard InChI is InChI=1S/C10H6I2O2/c11-6-3-4-8(13)5-1-2-7(12)10(14)9(5)6/h1-4,13-14H. The summed E-state index contributed by atoms with van der Waals surface area (Å²) in [4.78, 5) is 0. The van der Waals surface area contributed by atoms with E-state index in [-0.39, 0.29) is 11.5 Å². The van der Waals surface area contributed by atoms with Gasteiger partial charge in [0, 0.05) is 14.3 Å². The van der Waals surface area contributed by atoms with Crippen molar-refractivity contribution in [1.29, 1.82) is 0 Å². The van der Waals surface area contributed by atoms with Crippen LogP contribution in [0.25, 0.3) is 10.8 Å². The first-order chi connectivity index (χ1) is 6.61. The highest BCUT2D eigenvalue weighted by molar-refractivity contribution is 14.1. The van der Waals surface area contributed by atoms with Gasteiger partial charge in [-0.15, -0.1) is 0 Å². The number of hydrogen-bond acceptors (Lipinski definition) is 2. The van der Waals surface area contributed by atoms with Crippen LogP contribution in [0.4, 0.5) is 0 Å². The van der Waals surface area contributed by atoms with E-state index in [1.54, 1.807) is 18.2 Å². The molecule has 2 N–H and O–H groups in total. The van der Waals surface area contributed by atoms with Gasteiger partial charge in [-0.2, -0.15) is 0 Å². The summed E-state index contributed by atoms with van der Waals surface area (Å²) in [5.74, 6) is 0.440. The van der Waals surface area contributed by atoms with Crippen molar-refractivity contribution in [3.05, 3.63) is 31.4 Å². The second kappa shape index (κ2) is 3.73. The maximum absolute atomic E-state index is 9.84. The molecule has 4 heteroatoms. The highest BCUT2D eigenvalue weighted by Gasteiger charge is 2.10. The summed E-state index contributed by atoms with van der Waals surface area (Å²) in [5, 5.41) is 20.8. The van der Waals surface area contributed by atoms with E-state index in [0.29, 0.717) is 5.39 Å². The van der Waals surface area contributed by atoms with E-state index in [4.69, 9.17) is 0 Å². The first kappa shape index (κ1) is 10.3. The number of aromatic hydroxyl groups is 2. The molecule has 72 valence electrons. The van der Waals surface area contributed by atoms with Crippen molar-refractivity contribution in [2.75, 3.05) is 0 Å². The van der Waals surface area contributed by atoms with Crippen LogP contribution in [0.2, 0.25) is 0 Å². The van der Waals surface area contributed by atoms with Crippen LogP contribution in [0.1, 0.15) is 0 Å². The Morgan fingerprint density at radius 1 is 0.857 bits per heavy atom. The van der Waals surface area contributed by atoms with Crippen LogP contribution < -0.4 is 0 Å². The van der Waals surface area contributed by atoms with Gasteiger partial charge in [-0.3, -0.25) is 0 Å². The van der Waals surface area contributed by atoms with Gasteiger partial charge in [0.05, 0.1) is 3.57 Å². The van der Waals surface area contributed by atoms with Gasteiger partial charge in [-0.1, -0.05) is 0 Å². The lowest BCUT2D eigenvalue weighted by molar-refractivity contribution is 0.473. The third-order valence-corrected chi connectivity index (χ3v) is 3.80. The van der Waals surface area contributed by atoms with E-state index in [0.717, 1.165) is 12.5 Å². The summed E-state index contributed by atoms with van der Waals surface area (Å²) in [6.45, 7) is 0. The van der Waals surface area contributed by atoms with E-state index in [1.165, 1.54) is 0 Å². The molecule has 0 spiro atoms. The highest BCUT2D eigenvalue weighted by atomic mass is 127. The summed E-state index contributed by atoms with van der Waals surface area (Å²) in [6, 6.07) is 7.02. The van der Waals surface area contributed by atoms with E-state index in [2.05, 4.69) is 45.2 Å². The first-order valence-electron chi connectivity index (χ1n) is 3.90. The lowest BCUT2D eigenvalue weighted by Gasteiger charge is -2.06. The highest BCUT2D eigenvalue weighted by Crippen LogP contribution is 2.37. The molecule has 0 saturated heterocycles. The third kappa shape index (κ3) is 1.54. The van der Waals surface area contributed by atoms with Gasteiger partial charge in [0.1, 0.15) is 11.5 Å². The summed E-state index contributed by atoms with van der Waals surface area (Å²) >= 11 is 4.21. The zero-order chi connectivity index (χ0) is 10.3. The summed E-state index contributed by atoms with van der Waals surface area (Å²) in [5.41, 5.74) is 0. The largest absolute Gasteiger partial charge is 0.507 e. The van der Waals surface area contributed by atoms with Gasteiger partial charge in [-0.25, -0.2) is 0 Å². The fraction of sp³-hybridized carbons (Fsp3) is 0. The van der Waals surface area contributed by atoms with Gasteiger partial charge < -0.3 is 10.2 Å². The molecule has 2 rings (SSSR count). The SMILES string of the molecule is Oc1ccc(I)c2c(O)c(I)ccc12. The van der Waals surface area contributed by atoms with Crippen molar-refractivity contribution < 1.29 is 10.2 Å². The number of phenols is 2. The van der Waals surface area contributed by atoms with Crippen LogP contribution in [0, 0.1) is 7.14 Å². The Bertz CT molecular complexity index is 509. The molecule has 2 nitrogen and oxygen atoms in total. The van der Waals surface area contributed by atoms with Crippen molar-refractivity contribution in [2.24, 2.45) is 0 Å². The third-order valence-electron chi connectivity index (χ3n) is 2.03. The Balaban J connectivity index is 3.01. The summed E-state index contributed by atoms with van der Waals surface area (Å²) in [6.07, 6.45) is 0. The molecule has 0 amide bonds. The Morgan fingerprint density at radius 3 is 2.21 bits per heavy atom. The topological polar surface area (TPSA) is 40.5 Å². The van der Waals surface area contributed by atoms with E-state index in [1.807, 2.05) is 6.07 Å². The van der Waals surface area contributed by atoms with Gasteiger partial charge in [0.15, 0.2) is 0 Å². The van der Waals surface area contributed by atoms with Crippen molar-refractivity contribution in [3.63, 3.8) is 0 Å². The molecule has 0 aliphatic carbocycles. The predicted molar refractivity (Wildman–Crippen MR) is 72.7 cm³/mol. The first-order valence-corrected chi connectivity index (χ1v) is 6.05. The molecule has 0 aliphatic heterocycles. The lowest BCUT2D eigenvalue weighted by Crippen LogP contribution is -1.82. The molecule has 0 atom stereocenters. The number of phenolic OH excluding ortho intramolecular Hbond substituents is 2. The molecule has 2 aromatic rings. The fourth-order valence-corrected chi connectivity index (χ4v) is 2.52. The molecule has 0 saturated carbocycles. The number of hydrogen-bond donors (Lipinski definition) is 2. The normalized spacial score (nSPS) is 10.7. The minimum absolute atomic E-state index is 0.201. The molecular weight excluding hydrogens is 406 g/mol. The molecular formula is C10H6I2O2. The molecule has 0 unspecified atom stereocenters. The number of halogens is 2. The number of fused-ring (bicyclic) bond motifs is 1. The lowest BCUT2D eigenvalue weighted by atomic mass is 10.1.